The highest BCUT2D eigenvalue weighted by Gasteiger charge is 2.56. The van der Waals surface area contributed by atoms with Crippen LogP contribution in [0.2, 0.25) is 0 Å². The molecule has 0 aromatic carbocycles. The van der Waals surface area contributed by atoms with Crippen LogP contribution in [0.1, 0.15) is 40.0 Å². The van der Waals surface area contributed by atoms with Gasteiger partial charge in [-0.15, -0.1) is 23.2 Å². The van der Waals surface area contributed by atoms with Gasteiger partial charge in [0.15, 0.2) is 0 Å². The minimum Gasteiger partial charge on any atom is -0.444 e. The Hall–Kier alpha value is -0.680. The third kappa shape index (κ3) is 5.22. The molecule has 0 saturated heterocycles. The summed E-state index contributed by atoms with van der Waals surface area (Å²) in [4.78, 5) is 23.7. The number of alkyl halides is 2. The van der Waals surface area contributed by atoms with Gasteiger partial charge < -0.3 is 15.4 Å². The lowest BCUT2D eigenvalue weighted by Gasteiger charge is -2.22. The maximum Gasteiger partial charge on any atom is 0.407 e. The molecule has 2 unspecified atom stereocenters. The number of hydrogen-bond donors (Lipinski definition) is 2. The Bertz CT molecular complexity index is 430. The Kier molecular flexibility index (Phi) is 4.64. The van der Waals surface area contributed by atoms with Crippen LogP contribution in [0.25, 0.3) is 0 Å². The van der Waals surface area contributed by atoms with Crippen LogP contribution in [0.3, 0.4) is 0 Å². The van der Waals surface area contributed by atoms with Crippen LogP contribution in [0, 0.1) is 11.8 Å². The van der Waals surface area contributed by atoms with Gasteiger partial charge in [0.2, 0.25) is 5.91 Å². The van der Waals surface area contributed by atoms with Crippen molar-refractivity contribution in [3.05, 3.63) is 0 Å². The first kappa shape index (κ1) is 16.7. The Balaban J connectivity index is 1.78. The Morgan fingerprint density at radius 1 is 1.33 bits per heavy atom. The molecule has 2 rings (SSSR count). The molecule has 21 heavy (non-hydrogen) atoms. The maximum atomic E-state index is 12.0. The van der Waals surface area contributed by atoms with Crippen LogP contribution in [0.4, 0.5) is 4.79 Å². The fraction of sp³-hybridized carbons (Fsp3) is 0.857. The highest BCUT2D eigenvalue weighted by atomic mass is 35.5. The van der Waals surface area contributed by atoms with Gasteiger partial charge in [-0.3, -0.25) is 4.79 Å². The van der Waals surface area contributed by atoms with Crippen molar-refractivity contribution < 1.29 is 14.3 Å². The van der Waals surface area contributed by atoms with Crippen LogP contribution < -0.4 is 10.6 Å². The molecule has 2 aliphatic rings. The molecule has 0 bridgehead atoms. The Morgan fingerprint density at radius 3 is 2.33 bits per heavy atom. The van der Waals surface area contributed by atoms with E-state index in [0.717, 1.165) is 12.8 Å². The standard InChI is InChI=1S/C14H22Cl2N2O3/c1-13(2,3)21-12(20)17-7-10(8-4-5-8)18-11(19)9-6-14(9,15)16/h8-10H,4-7H2,1-3H3,(H,17,20)(H,18,19). The van der Waals surface area contributed by atoms with E-state index in [0.29, 0.717) is 18.9 Å². The SMILES string of the molecule is CC(C)(C)OC(=O)NCC(NC(=O)C1CC1(Cl)Cl)C1CC1. The van der Waals surface area contributed by atoms with E-state index in [1.165, 1.54) is 0 Å². The molecule has 120 valence electrons. The zero-order valence-corrected chi connectivity index (χ0v) is 14.1. The van der Waals surface area contributed by atoms with Crippen molar-refractivity contribution in [2.45, 2.75) is 56.0 Å². The third-order valence-corrected chi connectivity index (χ3v) is 4.36. The highest BCUT2D eigenvalue weighted by Crippen LogP contribution is 2.53. The van der Waals surface area contributed by atoms with Crippen LogP contribution in [-0.2, 0) is 9.53 Å². The molecule has 5 nitrogen and oxygen atoms in total. The predicted molar refractivity (Wildman–Crippen MR) is 81.4 cm³/mol. The van der Waals surface area contributed by atoms with Crippen molar-refractivity contribution in [2.24, 2.45) is 11.8 Å². The lowest BCUT2D eigenvalue weighted by atomic mass is 10.1. The summed E-state index contributed by atoms with van der Waals surface area (Å²) in [5, 5.41) is 5.64. The highest BCUT2D eigenvalue weighted by molar-refractivity contribution is 6.52. The summed E-state index contributed by atoms with van der Waals surface area (Å²) >= 11 is 11.8. The Labute approximate surface area is 135 Å². The summed E-state index contributed by atoms with van der Waals surface area (Å²) < 4.78 is 4.26. The third-order valence-electron chi connectivity index (χ3n) is 3.53. The monoisotopic (exact) mass is 336 g/mol. The van der Waals surface area contributed by atoms with Gasteiger partial charge in [0.05, 0.1) is 5.92 Å². The molecule has 0 aromatic heterocycles. The largest absolute Gasteiger partial charge is 0.444 e. The van der Waals surface area contributed by atoms with E-state index in [9.17, 15) is 9.59 Å². The molecule has 0 radical (unpaired) electrons. The molecule has 0 aliphatic heterocycles. The average Bonchev–Trinajstić information content (AvgIpc) is 3.18. The summed E-state index contributed by atoms with van der Waals surface area (Å²) in [7, 11) is 0. The van der Waals surface area contributed by atoms with E-state index >= 15 is 0 Å². The summed E-state index contributed by atoms with van der Waals surface area (Å²) in [6.45, 7) is 5.77. The molecule has 2 amide bonds. The average molecular weight is 337 g/mol. The smallest absolute Gasteiger partial charge is 0.407 e. The fourth-order valence-corrected chi connectivity index (χ4v) is 2.63. The molecule has 0 aromatic rings. The second-order valence-electron chi connectivity index (χ2n) is 6.85. The first-order valence-corrected chi connectivity index (χ1v) is 7.99. The molecular formula is C14H22Cl2N2O3. The lowest BCUT2D eigenvalue weighted by Crippen LogP contribution is -2.46. The minimum absolute atomic E-state index is 0.0882. The summed E-state index contributed by atoms with van der Waals surface area (Å²) in [6, 6.07) is -0.0882. The van der Waals surface area contributed by atoms with Gasteiger partial charge in [-0.1, -0.05) is 0 Å². The molecule has 2 aliphatic carbocycles. The zero-order valence-electron chi connectivity index (χ0n) is 12.5. The fourth-order valence-electron chi connectivity index (χ4n) is 2.12. The van der Waals surface area contributed by atoms with E-state index in [2.05, 4.69) is 10.6 Å². The topological polar surface area (TPSA) is 67.4 Å². The quantitative estimate of drug-likeness (QED) is 0.758. The van der Waals surface area contributed by atoms with Crippen LogP contribution in [0.15, 0.2) is 0 Å². The van der Waals surface area contributed by atoms with Gasteiger partial charge >= 0.3 is 6.09 Å². The second kappa shape index (κ2) is 5.84. The van der Waals surface area contributed by atoms with Gasteiger partial charge in [-0.2, -0.15) is 0 Å². The van der Waals surface area contributed by atoms with Crippen molar-refractivity contribution in [1.82, 2.24) is 10.6 Å². The number of ether oxygens (including phenoxy) is 1. The van der Waals surface area contributed by atoms with E-state index < -0.39 is 16.0 Å². The lowest BCUT2D eigenvalue weighted by molar-refractivity contribution is -0.123. The normalized spacial score (nSPS) is 24.9. The molecule has 0 heterocycles. The molecular weight excluding hydrogens is 315 g/mol. The number of alkyl carbamates (subject to hydrolysis) is 1. The molecule has 2 saturated carbocycles. The first-order chi connectivity index (χ1) is 9.58. The van der Waals surface area contributed by atoms with Crippen molar-refractivity contribution in [3.63, 3.8) is 0 Å². The number of halogens is 2. The van der Waals surface area contributed by atoms with Crippen molar-refractivity contribution in [3.8, 4) is 0 Å². The van der Waals surface area contributed by atoms with Crippen molar-refractivity contribution >= 4 is 35.2 Å². The number of hydrogen-bond acceptors (Lipinski definition) is 3. The summed E-state index contributed by atoms with van der Waals surface area (Å²) in [6.07, 6.45) is 2.12. The Morgan fingerprint density at radius 2 is 1.90 bits per heavy atom. The van der Waals surface area contributed by atoms with Crippen LogP contribution in [-0.4, -0.2) is 34.5 Å². The minimum atomic E-state index is -0.920. The van der Waals surface area contributed by atoms with E-state index in [-0.39, 0.29) is 17.9 Å². The predicted octanol–water partition coefficient (Wildman–Crippen LogP) is 2.60. The molecule has 2 fully saturated rings. The maximum absolute atomic E-state index is 12.0. The van der Waals surface area contributed by atoms with E-state index in [1.54, 1.807) is 20.8 Å². The number of amides is 2. The summed E-state index contributed by atoms with van der Waals surface area (Å²) in [5.74, 6) is -0.0748. The van der Waals surface area contributed by atoms with Crippen molar-refractivity contribution in [1.29, 1.82) is 0 Å². The van der Waals surface area contributed by atoms with Crippen LogP contribution in [0.5, 0.6) is 0 Å². The second-order valence-corrected chi connectivity index (χ2v) is 8.40. The molecule has 0 spiro atoms. The van der Waals surface area contributed by atoms with Gasteiger partial charge in [-0.05, 0) is 46.0 Å². The van der Waals surface area contributed by atoms with Gasteiger partial charge in [0, 0.05) is 12.6 Å². The zero-order chi connectivity index (χ0) is 15.8. The van der Waals surface area contributed by atoms with Crippen molar-refractivity contribution in [2.75, 3.05) is 6.54 Å². The van der Waals surface area contributed by atoms with Crippen LogP contribution >= 0.6 is 23.2 Å². The van der Waals surface area contributed by atoms with Gasteiger partial charge in [-0.25, -0.2) is 4.79 Å². The molecule has 2 N–H and O–H groups in total. The summed E-state index contributed by atoms with van der Waals surface area (Å²) in [5.41, 5.74) is -0.534. The number of rotatable bonds is 5. The van der Waals surface area contributed by atoms with Gasteiger partial charge in [0.1, 0.15) is 9.93 Å². The van der Waals surface area contributed by atoms with Gasteiger partial charge in [0.25, 0.3) is 0 Å². The number of carbonyl (C=O) groups is 2. The van der Waals surface area contributed by atoms with E-state index in [1.807, 2.05) is 0 Å². The van der Waals surface area contributed by atoms with E-state index in [4.69, 9.17) is 27.9 Å². The molecule has 7 heteroatoms. The molecule has 2 atom stereocenters. The number of carbonyl (C=O) groups excluding carboxylic acids is 2. The number of nitrogens with one attached hydrogen (secondary N) is 2. The first-order valence-electron chi connectivity index (χ1n) is 7.23.